The van der Waals surface area contributed by atoms with E-state index in [0.29, 0.717) is 6.04 Å². The first-order valence-corrected chi connectivity index (χ1v) is 5.18. The van der Waals surface area contributed by atoms with Gasteiger partial charge in [0.05, 0.1) is 11.9 Å². The number of hydrogen-bond donors (Lipinski definition) is 1. The zero-order valence-electron chi connectivity index (χ0n) is 8.53. The standard InChI is InChI=1S/C12H16N2/c1-10(11-6-3-2-4-7-11)14-9-5-8-12(14)13/h2-4,6-7,10,13H,5,8-9H2,1H3/t10-/m0/s1. The number of likely N-dealkylation sites (tertiary alicyclic amines) is 1. The SMILES string of the molecule is C[C@@H](c1ccccc1)N1CCCC1=N. The minimum Gasteiger partial charge on any atom is -0.354 e. The highest BCUT2D eigenvalue weighted by Crippen LogP contribution is 2.24. The molecule has 2 nitrogen and oxygen atoms in total. The molecule has 0 unspecified atom stereocenters. The number of hydrogen-bond acceptors (Lipinski definition) is 1. The van der Waals surface area contributed by atoms with Crippen LogP contribution in [-0.4, -0.2) is 17.3 Å². The molecule has 0 radical (unpaired) electrons. The summed E-state index contributed by atoms with van der Waals surface area (Å²) in [6, 6.07) is 10.8. The van der Waals surface area contributed by atoms with Crippen molar-refractivity contribution < 1.29 is 0 Å². The van der Waals surface area contributed by atoms with Gasteiger partial charge in [0.15, 0.2) is 0 Å². The molecule has 1 heterocycles. The van der Waals surface area contributed by atoms with Gasteiger partial charge in [0.1, 0.15) is 0 Å². The normalized spacial score (nSPS) is 18.6. The maximum absolute atomic E-state index is 7.81. The third kappa shape index (κ3) is 1.65. The number of benzene rings is 1. The van der Waals surface area contributed by atoms with E-state index in [1.807, 2.05) is 6.07 Å². The van der Waals surface area contributed by atoms with E-state index in [4.69, 9.17) is 5.41 Å². The fraction of sp³-hybridized carbons (Fsp3) is 0.417. The van der Waals surface area contributed by atoms with Crippen molar-refractivity contribution in [1.82, 2.24) is 4.90 Å². The third-order valence-electron chi connectivity index (χ3n) is 2.91. The van der Waals surface area contributed by atoms with E-state index in [9.17, 15) is 0 Å². The van der Waals surface area contributed by atoms with Crippen LogP contribution in [0.4, 0.5) is 0 Å². The molecule has 0 spiro atoms. The Morgan fingerprint density at radius 1 is 1.29 bits per heavy atom. The highest BCUT2D eigenvalue weighted by Gasteiger charge is 2.22. The predicted octanol–water partition coefficient (Wildman–Crippen LogP) is 2.82. The summed E-state index contributed by atoms with van der Waals surface area (Å²) in [5, 5.41) is 7.81. The molecule has 74 valence electrons. The maximum Gasteiger partial charge on any atom is 0.0963 e. The highest BCUT2D eigenvalue weighted by molar-refractivity contribution is 5.81. The predicted molar refractivity (Wildman–Crippen MR) is 58.5 cm³/mol. The van der Waals surface area contributed by atoms with E-state index in [1.165, 1.54) is 5.56 Å². The Morgan fingerprint density at radius 2 is 2.00 bits per heavy atom. The fourth-order valence-corrected chi connectivity index (χ4v) is 2.03. The van der Waals surface area contributed by atoms with Crippen LogP contribution in [0.5, 0.6) is 0 Å². The van der Waals surface area contributed by atoms with Crippen molar-refractivity contribution in [3.63, 3.8) is 0 Å². The summed E-state index contributed by atoms with van der Waals surface area (Å²) in [4.78, 5) is 2.19. The molecule has 1 fully saturated rings. The van der Waals surface area contributed by atoms with Crippen LogP contribution in [-0.2, 0) is 0 Å². The quantitative estimate of drug-likeness (QED) is 0.759. The lowest BCUT2D eigenvalue weighted by Gasteiger charge is -2.26. The highest BCUT2D eigenvalue weighted by atomic mass is 15.2. The van der Waals surface area contributed by atoms with Crippen molar-refractivity contribution >= 4 is 5.84 Å². The monoisotopic (exact) mass is 188 g/mol. The van der Waals surface area contributed by atoms with E-state index in [0.717, 1.165) is 25.2 Å². The number of nitrogens with zero attached hydrogens (tertiary/aromatic N) is 1. The van der Waals surface area contributed by atoms with Crippen LogP contribution < -0.4 is 0 Å². The van der Waals surface area contributed by atoms with Gasteiger partial charge >= 0.3 is 0 Å². The molecule has 1 N–H and O–H groups in total. The summed E-state index contributed by atoms with van der Waals surface area (Å²) in [6.07, 6.45) is 2.08. The zero-order valence-corrected chi connectivity index (χ0v) is 8.53. The van der Waals surface area contributed by atoms with Crippen molar-refractivity contribution in [2.75, 3.05) is 6.54 Å². The molecule has 2 rings (SSSR count). The Morgan fingerprint density at radius 3 is 2.57 bits per heavy atom. The topological polar surface area (TPSA) is 27.1 Å². The summed E-state index contributed by atoms with van der Waals surface area (Å²) in [7, 11) is 0. The molecule has 14 heavy (non-hydrogen) atoms. The molecule has 0 aliphatic carbocycles. The molecule has 1 aliphatic rings. The van der Waals surface area contributed by atoms with Crippen LogP contribution in [0.3, 0.4) is 0 Å². The molecule has 0 aromatic heterocycles. The second kappa shape index (κ2) is 3.82. The van der Waals surface area contributed by atoms with Crippen molar-refractivity contribution in [2.45, 2.75) is 25.8 Å². The lowest BCUT2D eigenvalue weighted by molar-refractivity contribution is 0.362. The first-order valence-electron chi connectivity index (χ1n) is 5.18. The molecule has 0 saturated carbocycles. The number of amidine groups is 1. The first-order chi connectivity index (χ1) is 6.79. The zero-order chi connectivity index (χ0) is 9.97. The molecule has 1 saturated heterocycles. The maximum atomic E-state index is 7.81. The lowest BCUT2D eigenvalue weighted by Crippen LogP contribution is -2.27. The van der Waals surface area contributed by atoms with Crippen molar-refractivity contribution in [1.29, 1.82) is 5.41 Å². The second-order valence-electron chi connectivity index (χ2n) is 3.83. The van der Waals surface area contributed by atoms with Gasteiger partial charge in [-0.25, -0.2) is 0 Å². The van der Waals surface area contributed by atoms with Crippen LogP contribution in [0.25, 0.3) is 0 Å². The van der Waals surface area contributed by atoms with Gasteiger partial charge in [0.2, 0.25) is 0 Å². The third-order valence-corrected chi connectivity index (χ3v) is 2.91. The Hall–Kier alpha value is -1.31. The average Bonchev–Trinajstić information content (AvgIpc) is 2.65. The minimum absolute atomic E-state index is 0.353. The number of nitrogens with one attached hydrogen (secondary N) is 1. The lowest BCUT2D eigenvalue weighted by atomic mass is 10.1. The Labute approximate surface area is 85.1 Å². The van der Waals surface area contributed by atoms with E-state index in [-0.39, 0.29) is 0 Å². The number of rotatable bonds is 2. The van der Waals surface area contributed by atoms with Gasteiger partial charge in [0, 0.05) is 13.0 Å². The molecular formula is C12H16N2. The van der Waals surface area contributed by atoms with Crippen molar-refractivity contribution in [3.8, 4) is 0 Å². The van der Waals surface area contributed by atoms with E-state index in [1.54, 1.807) is 0 Å². The van der Waals surface area contributed by atoms with E-state index in [2.05, 4.69) is 36.1 Å². The van der Waals surface area contributed by atoms with Crippen LogP contribution in [0.2, 0.25) is 0 Å². The first kappa shape index (κ1) is 9.25. The van der Waals surface area contributed by atoms with Gasteiger partial charge in [-0.05, 0) is 18.9 Å². The van der Waals surface area contributed by atoms with E-state index < -0.39 is 0 Å². The van der Waals surface area contributed by atoms with Gasteiger partial charge in [-0.3, -0.25) is 5.41 Å². The van der Waals surface area contributed by atoms with Crippen molar-refractivity contribution in [3.05, 3.63) is 35.9 Å². The Bertz CT molecular complexity index is 318. The summed E-state index contributed by atoms with van der Waals surface area (Å²) in [5.74, 6) is 0.793. The summed E-state index contributed by atoms with van der Waals surface area (Å²) in [6.45, 7) is 3.21. The Kier molecular flexibility index (Phi) is 2.53. The van der Waals surface area contributed by atoms with Crippen molar-refractivity contribution in [2.24, 2.45) is 0 Å². The van der Waals surface area contributed by atoms with Crippen LogP contribution >= 0.6 is 0 Å². The fourth-order valence-electron chi connectivity index (χ4n) is 2.03. The van der Waals surface area contributed by atoms with Gasteiger partial charge in [-0.1, -0.05) is 30.3 Å². The summed E-state index contributed by atoms with van der Waals surface area (Å²) < 4.78 is 0. The molecular weight excluding hydrogens is 172 g/mol. The van der Waals surface area contributed by atoms with Gasteiger partial charge in [-0.15, -0.1) is 0 Å². The van der Waals surface area contributed by atoms with Crippen LogP contribution in [0, 0.1) is 5.41 Å². The smallest absolute Gasteiger partial charge is 0.0963 e. The molecule has 1 aliphatic heterocycles. The van der Waals surface area contributed by atoms with Crippen LogP contribution in [0.1, 0.15) is 31.4 Å². The molecule has 2 heteroatoms. The average molecular weight is 188 g/mol. The summed E-state index contributed by atoms with van der Waals surface area (Å²) in [5.41, 5.74) is 1.30. The van der Waals surface area contributed by atoms with E-state index >= 15 is 0 Å². The van der Waals surface area contributed by atoms with Gasteiger partial charge in [0.25, 0.3) is 0 Å². The minimum atomic E-state index is 0.353. The molecule has 1 aromatic carbocycles. The molecule has 0 bridgehead atoms. The molecule has 1 atom stereocenters. The van der Waals surface area contributed by atoms with Gasteiger partial charge in [-0.2, -0.15) is 0 Å². The van der Waals surface area contributed by atoms with Crippen LogP contribution in [0.15, 0.2) is 30.3 Å². The Balaban J connectivity index is 2.16. The molecule has 0 amide bonds. The molecule has 1 aromatic rings. The van der Waals surface area contributed by atoms with Gasteiger partial charge < -0.3 is 4.90 Å². The largest absolute Gasteiger partial charge is 0.354 e. The second-order valence-corrected chi connectivity index (χ2v) is 3.83. The summed E-state index contributed by atoms with van der Waals surface area (Å²) >= 11 is 0.